The second kappa shape index (κ2) is 6.24. The lowest BCUT2D eigenvalue weighted by Gasteiger charge is -2.08. The molecule has 3 heteroatoms. The highest BCUT2D eigenvalue weighted by Gasteiger charge is 2.46. The number of rotatable bonds is 5. The van der Waals surface area contributed by atoms with Crippen LogP contribution in [-0.4, -0.2) is 21.2 Å². The van der Waals surface area contributed by atoms with Gasteiger partial charge in [0, 0.05) is 5.69 Å². The number of ether oxygens (including phenoxy) is 1. The standard InChI is InChI=1S/C20H25NOSi/c1-22-18-12-10-16(11-13-18)20-19(14-15-23(2,3)4)21(20)17-8-6-5-7-9-17/h5-15,19-20H,1-4H3/b15-14+/t19-,20+,21?/m0/s1. The predicted molar refractivity (Wildman–Crippen MR) is 101 cm³/mol. The summed E-state index contributed by atoms with van der Waals surface area (Å²) >= 11 is 0. The van der Waals surface area contributed by atoms with Crippen LogP contribution in [0, 0.1) is 0 Å². The highest BCUT2D eigenvalue weighted by atomic mass is 28.3. The molecule has 120 valence electrons. The van der Waals surface area contributed by atoms with E-state index in [4.69, 9.17) is 4.74 Å². The topological polar surface area (TPSA) is 12.2 Å². The van der Waals surface area contributed by atoms with E-state index in [0.29, 0.717) is 12.1 Å². The van der Waals surface area contributed by atoms with Gasteiger partial charge in [0.15, 0.2) is 0 Å². The molecule has 0 aromatic heterocycles. The smallest absolute Gasteiger partial charge is 0.118 e. The molecule has 23 heavy (non-hydrogen) atoms. The van der Waals surface area contributed by atoms with Crippen LogP contribution in [0.5, 0.6) is 5.75 Å². The summed E-state index contributed by atoms with van der Waals surface area (Å²) in [6.45, 7) is 7.13. The summed E-state index contributed by atoms with van der Waals surface area (Å²) < 4.78 is 5.28. The van der Waals surface area contributed by atoms with Crippen LogP contribution in [0.2, 0.25) is 19.6 Å². The zero-order chi connectivity index (χ0) is 16.4. The fraction of sp³-hybridized carbons (Fsp3) is 0.300. The van der Waals surface area contributed by atoms with Crippen LogP contribution in [0.25, 0.3) is 0 Å². The molecule has 3 rings (SSSR count). The van der Waals surface area contributed by atoms with Crippen LogP contribution >= 0.6 is 0 Å². The summed E-state index contributed by atoms with van der Waals surface area (Å²) in [6.07, 6.45) is 2.41. The van der Waals surface area contributed by atoms with Crippen molar-refractivity contribution in [3.63, 3.8) is 0 Å². The second-order valence-electron chi connectivity index (χ2n) is 7.18. The first-order valence-electron chi connectivity index (χ1n) is 8.16. The van der Waals surface area contributed by atoms with Crippen LogP contribution in [-0.2, 0) is 0 Å². The average molecular weight is 324 g/mol. The number of methoxy groups -OCH3 is 1. The third-order valence-electron chi connectivity index (χ3n) is 4.16. The monoisotopic (exact) mass is 323 g/mol. The van der Waals surface area contributed by atoms with E-state index >= 15 is 0 Å². The van der Waals surface area contributed by atoms with Gasteiger partial charge in [-0.15, -0.1) is 0 Å². The lowest BCUT2D eigenvalue weighted by molar-refractivity contribution is 0.414. The van der Waals surface area contributed by atoms with Crippen LogP contribution in [0.15, 0.2) is 66.4 Å². The Bertz CT molecular complexity index is 673. The average Bonchev–Trinajstić information content (AvgIpc) is 3.27. The van der Waals surface area contributed by atoms with Crippen molar-refractivity contribution in [1.29, 1.82) is 0 Å². The normalized spacial score (nSPS) is 20.8. The van der Waals surface area contributed by atoms with Crippen LogP contribution < -0.4 is 9.64 Å². The SMILES string of the molecule is COc1ccc([C@@H]2[C@H](/C=C/[Si](C)(C)C)N2c2ccccc2)cc1. The molecule has 2 atom stereocenters. The van der Waals surface area contributed by atoms with Crippen molar-refractivity contribution in [2.24, 2.45) is 0 Å². The van der Waals surface area contributed by atoms with Gasteiger partial charge in [0.2, 0.25) is 0 Å². The van der Waals surface area contributed by atoms with Crippen LogP contribution in [0.1, 0.15) is 11.6 Å². The van der Waals surface area contributed by atoms with Gasteiger partial charge in [-0.05, 0) is 29.8 Å². The van der Waals surface area contributed by atoms with E-state index in [-0.39, 0.29) is 0 Å². The lowest BCUT2D eigenvalue weighted by Crippen LogP contribution is -2.16. The molecule has 1 aliphatic heterocycles. The van der Waals surface area contributed by atoms with Gasteiger partial charge in [-0.25, -0.2) is 0 Å². The molecule has 0 aliphatic carbocycles. The highest BCUT2D eigenvalue weighted by molar-refractivity contribution is 6.80. The molecular weight excluding hydrogens is 298 g/mol. The fourth-order valence-corrected chi connectivity index (χ4v) is 3.70. The van der Waals surface area contributed by atoms with Gasteiger partial charge in [0.25, 0.3) is 0 Å². The molecule has 0 bridgehead atoms. The molecule has 2 aromatic carbocycles. The summed E-state index contributed by atoms with van der Waals surface area (Å²) in [5, 5.41) is 0. The number of nitrogens with zero attached hydrogens (tertiary/aromatic N) is 1. The molecule has 1 saturated heterocycles. The largest absolute Gasteiger partial charge is 0.497 e. The van der Waals surface area contributed by atoms with Crippen molar-refractivity contribution >= 4 is 13.8 Å². The highest BCUT2D eigenvalue weighted by Crippen LogP contribution is 2.47. The van der Waals surface area contributed by atoms with Gasteiger partial charge in [-0.1, -0.05) is 61.7 Å². The van der Waals surface area contributed by atoms with Crippen molar-refractivity contribution in [3.8, 4) is 5.75 Å². The number of para-hydroxylation sites is 1. The Labute approximate surface area is 140 Å². The van der Waals surface area contributed by atoms with Crippen LogP contribution in [0.3, 0.4) is 0 Å². The van der Waals surface area contributed by atoms with Gasteiger partial charge in [0.05, 0.1) is 27.3 Å². The molecule has 0 spiro atoms. The Morgan fingerprint density at radius 3 is 2.17 bits per heavy atom. The number of benzene rings is 2. The minimum absolute atomic E-state index is 0.427. The zero-order valence-corrected chi connectivity index (χ0v) is 15.4. The Hall–Kier alpha value is -2.00. The molecule has 1 heterocycles. The first kappa shape index (κ1) is 15.9. The van der Waals surface area contributed by atoms with Crippen molar-refractivity contribution in [2.45, 2.75) is 31.7 Å². The molecular formula is C20H25NOSi. The number of hydrogen-bond donors (Lipinski definition) is 0. The van der Waals surface area contributed by atoms with E-state index in [1.54, 1.807) is 7.11 Å². The minimum atomic E-state index is -1.18. The van der Waals surface area contributed by atoms with E-state index in [9.17, 15) is 0 Å². The summed E-state index contributed by atoms with van der Waals surface area (Å²) in [7, 11) is 0.527. The third-order valence-corrected chi connectivity index (χ3v) is 5.35. The lowest BCUT2D eigenvalue weighted by atomic mass is 10.1. The fourth-order valence-electron chi connectivity index (χ4n) is 2.93. The molecule has 0 amide bonds. The van der Waals surface area contributed by atoms with E-state index in [0.717, 1.165) is 5.75 Å². The Kier molecular flexibility index (Phi) is 4.31. The molecule has 0 radical (unpaired) electrons. The maximum Gasteiger partial charge on any atom is 0.118 e. The summed E-state index contributed by atoms with van der Waals surface area (Å²) in [4.78, 5) is 2.48. The van der Waals surface area contributed by atoms with Gasteiger partial charge < -0.3 is 9.64 Å². The number of anilines is 1. The molecule has 2 nitrogen and oxygen atoms in total. The molecule has 1 fully saturated rings. The quantitative estimate of drug-likeness (QED) is 0.563. The van der Waals surface area contributed by atoms with Crippen molar-refractivity contribution in [2.75, 3.05) is 12.0 Å². The van der Waals surface area contributed by atoms with Crippen molar-refractivity contribution in [3.05, 3.63) is 71.9 Å². The second-order valence-corrected chi connectivity index (χ2v) is 12.2. The predicted octanol–water partition coefficient (Wildman–Crippen LogP) is 5.06. The molecule has 0 N–H and O–H groups in total. The van der Waals surface area contributed by atoms with E-state index in [1.807, 2.05) is 0 Å². The zero-order valence-electron chi connectivity index (χ0n) is 14.4. The summed E-state index contributed by atoms with van der Waals surface area (Å²) in [5.74, 6) is 0.912. The van der Waals surface area contributed by atoms with Gasteiger partial charge in [-0.2, -0.15) is 0 Å². The van der Waals surface area contributed by atoms with Gasteiger partial charge in [-0.3, -0.25) is 0 Å². The van der Waals surface area contributed by atoms with Gasteiger partial charge in [0.1, 0.15) is 5.75 Å². The Morgan fingerprint density at radius 1 is 0.957 bits per heavy atom. The molecule has 1 aliphatic rings. The molecule has 2 aromatic rings. The first-order chi connectivity index (χ1) is 11.0. The molecule has 0 saturated carbocycles. The van der Waals surface area contributed by atoms with Gasteiger partial charge >= 0.3 is 0 Å². The van der Waals surface area contributed by atoms with Crippen molar-refractivity contribution < 1.29 is 4.74 Å². The number of hydrogen-bond acceptors (Lipinski definition) is 2. The Morgan fingerprint density at radius 2 is 1.61 bits per heavy atom. The van der Waals surface area contributed by atoms with E-state index in [2.05, 4.69) is 90.9 Å². The summed E-state index contributed by atoms with van der Waals surface area (Å²) in [6, 6.07) is 20.0. The van der Waals surface area contributed by atoms with Crippen molar-refractivity contribution in [1.82, 2.24) is 0 Å². The molecule has 0 unspecified atom stereocenters. The summed E-state index contributed by atoms with van der Waals surface area (Å²) in [5.41, 5.74) is 5.09. The van der Waals surface area contributed by atoms with Crippen LogP contribution in [0.4, 0.5) is 5.69 Å². The maximum absolute atomic E-state index is 5.28. The Balaban J connectivity index is 1.87. The maximum atomic E-state index is 5.28. The van der Waals surface area contributed by atoms with E-state index in [1.165, 1.54) is 11.3 Å². The van der Waals surface area contributed by atoms with E-state index < -0.39 is 8.07 Å². The first-order valence-corrected chi connectivity index (χ1v) is 11.7. The third kappa shape index (κ3) is 3.67. The minimum Gasteiger partial charge on any atom is -0.497 e.